The van der Waals surface area contributed by atoms with E-state index in [4.69, 9.17) is 9.47 Å². The Morgan fingerprint density at radius 2 is 1.74 bits per heavy atom. The minimum atomic E-state index is -0.538. The Morgan fingerprint density at radius 1 is 1.04 bits per heavy atom. The van der Waals surface area contributed by atoms with Gasteiger partial charge in [-0.3, -0.25) is 4.79 Å². The van der Waals surface area contributed by atoms with Crippen molar-refractivity contribution in [2.24, 2.45) is 0 Å². The van der Waals surface area contributed by atoms with E-state index in [-0.39, 0.29) is 12.5 Å². The Hall–Kier alpha value is -2.82. The van der Waals surface area contributed by atoms with Crippen LogP contribution < -0.4 is 10.1 Å². The molecule has 5 nitrogen and oxygen atoms in total. The zero-order valence-corrected chi connectivity index (χ0v) is 13.4. The van der Waals surface area contributed by atoms with E-state index in [1.807, 2.05) is 19.1 Å². The van der Waals surface area contributed by atoms with Gasteiger partial charge in [0, 0.05) is 5.69 Å². The van der Waals surface area contributed by atoms with E-state index in [2.05, 4.69) is 5.32 Å². The Bertz CT molecular complexity index is 707. The average molecular weight is 313 g/mol. The Balaban J connectivity index is 1.91. The molecule has 1 amide bonds. The summed E-state index contributed by atoms with van der Waals surface area (Å²) in [4.78, 5) is 23.8. The minimum Gasteiger partial charge on any atom is -0.497 e. The SMILES string of the molecule is COc1ccc(C(=O)OCC(=O)Nc2ccc(C)cc2)c(C)c1. The van der Waals surface area contributed by atoms with E-state index < -0.39 is 5.97 Å². The smallest absolute Gasteiger partial charge is 0.338 e. The van der Waals surface area contributed by atoms with Gasteiger partial charge in [-0.2, -0.15) is 0 Å². The highest BCUT2D eigenvalue weighted by Gasteiger charge is 2.13. The highest BCUT2D eigenvalue weighted by atomic mass is 16.5. The first kappa shape index (κ1) is 16.5. The van der Waals surface area contributed by atoms with Crippen LogP contribution in [0.4, 0.5) is 5.69 Å². The van der Waals surface area contributed by atoms with E-state index in [0.717, 1.165) is 11.1 Å². The van der Waals surface area contributed by atoms with E-state index in [9.17, 15) is 9.59 Å². The molecule has 2 aromatic rings. The molecule has 0 saturated heterocycles. The maximum Gasteiger partial charge on any atom is 0.338 e. The lowest BCUT2D eigenvalue weighted by molar-refractivity contribution is -0.119. The maximum absolute atomic E-state index is 12.0. The van der Waals surface area contributed by atoms with Gasteiger partial charge in [-0.1, -0.05) is 17.7 Å². The van der Waals surface area contributed by atoms with Crippen LogP contribution in [-0.2, 0) is 9.53 Å². The molecule has 2 aromatic carbocycles. The van der Waals surface area contributed by atoms with Crippen molar-refractivity contribution in [2.45, 2.75) is 13.8 Å². The number of carbonyl (C=O) groups is 2. The summed E-state index contributed by atoms with van der Waals surface area (Å²) in [5.74, 6) is -0.256. The molecule has 0 aliphatic heterocycles. The molecule has 0 aliphatic rings. The summed E-state index contributed by atoms with van der Waals surface area (Å²) < 4.78 is 10.1. The number of hydrogen-bond acceptors (Lipinski definition) is 4. The summed E-state index contributed by atoms with van der Waals surface area (Å²) in [7, 11) is 1.56. The van der Waals surface area contributed by atoms with E-state index >= 15 is 0 Å². The predicted molar refractivity (Wildman–Crippen MR) is 87.8 cm³/mol. The molecule has 0 saturated carbocycles. The van der Waals surface area contributed by atoms with Gasteiger partial charge in [0.05, 0.1) is 12.7 Å². The van der Waals surface area contributed by atoms with Crippen molar-refractivity contribution in [1.29, 1.82) is 0 Å². The van der Waals surface area contributed by atoms with E-state index in [1.54, 1.807) is 44.4 Å². The largest absolute Gasteiger partial charge is 0.497 e. The zero-order chi connectivity index (χ0) is 16.8. The molecule has 2 rings (SSSR count). The molecule has 1 N–H and O–H groups in total. The molecule has 0 aromatic heterocycles. The Morgan fingerprint density at radius 3 is 2.35 bits per heavy atom. The van der Waals surface area contributed by atoms with Crippen molar-refractivity contribution >= 4 is 17.6 Å². The molecule has 0 fully saturated rings. The van der Waals surface area contributed by atoms with Crippen LogP contribution in [0.2, 0.25) is 0 Å². The predicted octanol–water partition coefficient (Wildman–Crippen LogP) is 3.11. The van der Waals surface area contributed by atoms with Gasteiger partial charge in [0.15, 0.2) is 6.61 Å². The van der Waals surface area contributed by atoms with E-state index in [0.29, 0.717) is 17.0 Å². The van der Waals surface area contributed by atoms with Crippen LogP contribution in [0.5, 0.6) is 5.75 Å². The van der Waals surface area contributed by atoms with Crippen molar-refractivity contribution in [1.82, 2.24) is 0 Å². The highest BCUT2D eigenvalue weighted by Crippen LogP contribution is 2.17. The average Bonchev–Trinajstić information content (AvgIpc) is 2.54. The molecule has 0 heterocycles. The van der Waals surface area contributed by atoms with Crippen LogP contribution >= 0.6 is 0 Å². The lowest BCUT2D eigenvalue weighted by atomic mass is 10.1. The number of amides is 1. The molecule has 5 heteroatoms. The second-order valence-electron chi connectivity index (χ2n) is 5.17. The number of nitrogens with one attached hydrogen (secondary N) is 1. The summed E-state index contributed by atoms with van der Waals surface area (Å²) in [6.45, 7) is 3.41. The van der Waals surface area contributed by atoms with Crippen molar-refractivity contribution in [3.05, 3.63) is 59.2 Å². The summed E-state index contributed by atoms with van der Waals surface area (Å²) in [5.41, 5.74) is 2.91. The molecule has 0 bridgehead atoms. The van der Waals surface area contributed by atoms with E-state index in [1.165, 1.54) is 0 Å². The maximum atomic E-state index is 12.0. The highest BCUT2D eigenvalue weighted by molar-refractivity contribution is 5.96. The number of esters is 1. The molecule has 0 aliphatic carbocycles. The van der Waals surface area contributed by atoms with Gasteiger partial charge < -0.3 is 14.8 Å². The quantitative estimate of drug-likeness (QED) is 0.861. The third-order valence-electron chi connectivity index (χ3n) is 3.32. The van der Waals surface area contributed by atoms with Gasteiger partial charge in [0.1, 0.15) is 5.75 Å². The molecule has 0 spiro atoms. The third kappa shape index (κ3) is 4.57. The minimum absolute atomic E-state index is 0.335. The normalized spacial score (nSPS) is 10.0. The monoisotopic (exact) mass is 313 g/mol. The third-order valence-corrected chi connectivity index (χ3v) is 3.32. The van der Waals surface area contributed by atoms with Gasteiger partial charge in [-0.25, -0.2) is 4.79 Å². The molecule has 120 valence electrons. The first-order chi connectivity index (χ1) is 11.0. The number of benzene rings is 2. The fourth-order valence-electron chi connectivity index (χ4n) is 2.03. The number of rotatable bonds is 5. The number of aryl methyl sites for hydroxylation is 2. The Labute approximate surface area is 135 Å². The van der Waals surface area contributed by atoms with Gasteiger partial charge in [0.2, 0.25) is 0 Å². The summed E-state index contributed by atoms with van der Waals surface area (Å²) >= 11 is 0. The lowest BCUT2D eigenvalue weighted by Gasteiger charge is -2.09. The zero-order valence-electron chi connectivity index (χ0n) is 13.4. The van der Waals surface area contributed by atoms with Crippen LogP contribution in [0, 0.1) is 13.8 Å². The molecular weight excluding hydrogens is 294 g/mol. The van der Waals surface area contributed by atoms with Gasteiger partial charge in [-0.05, 0) is 49.7 Å². The molecule has 23 heavy (non-hydrogen) atoms. The second kappa shape index (κ2) is 7.45. The fourth-order valence-corrected chi connectivity index (χ4v) is 2.03. The standard InChI is InChI=1S/C18H19NO4/c1-12-4-6-14(7-5-12)19-17(20)11-23-18(21)16-9-8-15(22-3)10-13(16)2/h4-10H,11H2,1-3H3,(H,19,20). The summed E-state index contributed by atoms with van der Waals surface area (Å²) in [6, 6.07) is 12.4. The van der Waals surface area contributed by atoms with Gasteiger partial charge >= 0.3 is 5.97 Å². The molecule has 0 radical (unpaired) electrons. The van der Waals surface area contributed by atoms with Crippen molar-refractivity contribution in [3.8, 4) is 5.75 Å². The number of ether oxygens (including phenoxy) is 2. The first-order valence-corrected chi connectivity index (χ1v) is 7.18. The Kier molecular flexibility index (Phi) is 5.36. The number of hydrogen-bond donors (Lipinski definition) is 1. The van der Waals surface area contributed by atoms with Crippen LogP contribution in [0.15, 0.2) is 42.5 Å². The first-order valence-electron chi connectivity index (χ1n) is 7.18. The molecular formula is C18H19NO4. The number of methoxy groups -OCH3 is 1. The van der Waals surface area contributed by atoms with Crippen LogP contribution in [0.3, 0.4) is 0 Å². The van der Waals surface area contributed by atoms with Gasteiger partial charge in [-0.15, -0.1) is 0 Å². The fraction of sp³-hybridized carbons (Fsp3) is 0.222. The van der Waals surface area contributed by atoms with Gasteiger partial charge in [0.25, 0.3) is 5.91 Å². The van der Waals surface area contributed by atoms with Crippen molar-refractivity contribution in [3.63, 3.8) is 0 Å². The van der Waals surface area contributed by atoms with Crippen molar-refractivity contribution in [2.75, 3.05) is 19.0 Å². The number of carbonyl (C=O) groups excluding carboxylic acids is 2. The second-order valence-corrected chi connectivity index (χ2v) is 5.17. The van der Waals surface area contributed by atoms with Crippen molar-refractivity contribution < 1.29 is 19.1 Å². The molecule has 0 atom stereocenters. The topological polar surface area (TPSA) is 64.6 Å². The van der Waals surface area contributed by atoms with Crippen LogP contribution in [0.1, 0.15) is 21.5 Å². The van der Waals surface area contributed by atoms with Crippen LogP contribution in [-0.4, -0.2) is 25.6 Å². The lowest BCUT2D eigenvalue weighted by Crippen LogP contribution is -2.21. The van der Waals surface area contributed by atoms with Crippen LogP contribution in [0.25, 0.3) is 0 Å². The number of anilines is 1. The molecule has 0 unspecified atom stereocenters. The summed E-state index contributed by atoms with van der Waals surface area (Å²) in [6.07, 6.45) is 0. The summed E-state index contributed by atoms with van der Waals surface area (Å²) in [5, 5.41) is 2.67.